The second kappa shape index (κ2) is 16.7. The van der Waals surface area contributed by atoms with Crippen molar-refractivity contribution in [3.05, 3.63) is 35.4 Å². The molecule has 13 heteroatoms. The molecule has 0 aliphatic carbocycles. The van der Waals surface area contributed by atoms with Gasteiger partial charge in [-0.2, -0.15) is 0 Å². The van der Waals surface area contributed by atoms with Gasteiger partial charge in [-0.3, -0.25) is 14.5 Å². The van der Waals surface area contributed by atoms with Gasteiger partial charge >= 0.3 is 19.3 Å². The summed E-state index contributed by atoms with van der Waals surface area (Å²) >= 11 is 0. The number of fused-ring (bicyclic) bond motifs is 2. The molecule has 0 radical (unpaired) electrons. The van der Waals surface area contributed by atoms with Crippen molar-refractivity contribution in [1.82, 2.24) is 20.4 Å². The second-order valence-electron chi connectivity index (χ2n) is 12.9. The van der Waals surface area contributed by atoms with Crippen LogP contribution < -0.4 is 10.6 Å². The molecule has 3 aliphatic heterocycles. The molecule has 0 saturated carbocycles. The van der Waals surface area contributed by atoms with Crippen LogP contribution in [0.25, 0.3) is 0 Å². The van der Waals surface area contributed by atoms with Gasteiger partial charge in [-0.15, -0.1) is 0 Å². The molecular weight excluding hydrogens is 567 g/mol. The first-order valence-electron chi connectivity index (χ1n) is 15.9. The van der Waals surface area contributed by atoms with Gasteiger partial charge in [-0.1, -0.05) is 69.2 Å². The van der Waals surface area contributed by atoms with Gasteiger partial charge in [0.25, 0.3) is 0 Å². The number of alkyl carbamates (subject to hydrolysis) is 1. The first-order chi connectivity index (χ1) is 20.9. The Balaban J connectivity index is 0.000000363. The predicted molar refractivity (Wildman–Crippen MR) is 165 cm³/mol. The Morgan fingerprint density at radius 1 is 0.909 bits per heavy atom. The standard InChI is InChI=1S/C22H40BN3O6.C9H9NO2/c1-22(2,3)32-21(29)24-16-12-9-7-5-4-6-8-10-14-18(23(30)31)25-19(27)17-13-11-15-26(17)20(16)28;11-9(12)10-5-7-3-1-2-4-8(7)6-10/h16-18,30-31H,4-15H2,1-3H3,(H,24,29)(H,25,27);1-4H,5-6H2,(H,11,12)/t16-,17?,18?;/m0./s1. The van der Waals surface area contributed by atoms with Gasteiger partial charge in [0.15, 0.2) is 0 Å². The summed E-state index contributed by atoms with van der Waals surface area (Å²) in [6.07, 6.45) is 7.34. The van der Waals surface area contributed by atoms with Gasteiger partial charge in [-0.05, 0) is 57.6 Å². The van der Waals surface area contributed by atoms with Crippen LogP contribution in [0.15, 0.2) is 24.3 Å². The maximum absolute atomic E-state index is 13.4. The third-order valence-corrected chi connectivity index (χ3v) is 8.13. The molecule has 3 aliphatic rings. The Bertz CT molecular complexity index is 1100. The number of rotatable bonds is 2. The molecule has 3 atom stereocenters. The van der Waals surface area contributed by atoms with E-state index in [1.54, 1.807) is 20.8 Å². The largest absolute Gasteiger partial charge is 0.475 e. The zero-order chi connectivity index (χ0) is 32.3. The molecule has 1 aromatic carbocycles. The Hall–Kier alpha value is -3.32. The van der Waals surface area contributed by atoms with E-state index in [1.165, 1.54) is 9.80 Å². The van der Waals surface area contributed by atoms with E-state index >= 15 is 0 Å². The number of carboxylic acid groups (broad SMARTS) is 1. The van der Waals surface area contributed by atoms with Crippen molar-refractivity contribution in [2.45, 2.75) is 128 Å². The lowest BCUT2D eigenvalue weighted by Gasteiger charge is -2.30. The fraction of sp³-hybridized carbons (Fsp3) is 0.677. The summed E-state index contributed by atoms with van der Waals surface area (Å²) < 4.78 is 5.35. The fourth-order valence-corrected chi connectivity index (χ4v) is 5.85. The normalized spacial score (nSPS) is 23.4. The van der Waals surface area contributed by atoms with Crippen LogP contribution in [-0.4, -0.2) is 86.2 Å². The van der Waals surface area contributed by atoms with Gasteiger partial charge in [0.05, 0.1) is 5.94 Å². The number of amides is 4. The average molecular weight is 617 g/mol. The van der Waals surface area contributed by atoms with E-state index in [0.717, 1.165) is 56.1 Å². The van der Waals surface area contributed by atoms with Crippen LogP contribution >= 0.6 is 0 Å². The van der Waals surface area contributed by atoms with Crippen molar-refractivity contribution in [3.63, 3.8) is 0 Å². The number of benzene rings is 1. The molecule has 0 bridgehead atoms. The number of nitrogens with one attached hydrogen (secondary N) is 2. The average Bonchev–Trinajstić information content (AvgIpc) is 3.61. The highest BCUT2D eigenvalue weighted by molar-refractivity contribution is 6.43. The monoisotopic (exact) mass is 616 g/mol. The molecule has 2 saturated heterocycles. The number of nitrogens with zero attached hydrogens (tertiary/aromatic N) is 2. The van der Waals surface area contributed by atoms with Crippen molar-refractivity contribution in [3.8, 4) is 0 Å². The molecule has 2 unspecified atom stereocenters. The summed E-state index contributed by atoms with van der Waals surface area (Å²) in [6.45, 7) is 6.79. The first-order valence-corrected chi connectivity index (χ1v) is 15.9. The maximum Gasteiger partial charge on any atom is 0.475 e. The topological polar surface area (TPSA) is 169 Å². The minimum atomic E-state index is -1.65. The van der Waals surface area contributed by atoms with E-state index in [-0.39, 0.29) is 11.8 Å². The third kappa shape index (κ3) is 11.0. The van der Waals surface area contributed by atoms with Gasteiger partial charge < -0.3 is 35.4 Å². The number of hydrogen-bond acceptors (Lipinski definition) is 7. The summed E-state index contributed by atoms with van der Waals surface area (Å²) in [5, 5.41) is 33.6. The molecule has 0 aromatic heterocycles. The third-order valence-electron chi connectivity index (χ3n) is 8.13. The predicted octanol–water partition coefficient (Wildman–Crippen LogP) is 3.57. The highest BCUT2D eigenvalue weighted by Crippen LogP contribution is 2.23. The van der Waals surface area contributed by atoms with Crippen LogP contribution in [0.4, 0.5) is 9.59 Å². The molecule has 2 fully saturated rings. The molecular formula is C31H49BN4O8. The summed E-state index contributed by atoms with van der Waals surface area (Å²) in [5.41, 5.74) is 1.57. The lowest BCUT2D eigenvalue weighted by atomic mass is 9.76. The van der Waals surface area contributed by atoms with Gasteiger partial charge in [-0.25, -0.2) is 9.59 Å². The maximum atomic E-state index is 13.4. The lowest BCUT2D eigenvalue weighted by molar-refractivity contribution is -0.140. The van der Waals surface area contributed by atoms with Gasteiger partial charge in [0.2, 0.25) is 11.8 Å². The Morgan fingerprint density at radius 3 is 2.02 bits per heavy atom. The minimum absolute atomic E-state index is 0.290. The van der Waals surface area contributed by atoms with Crippen LogP contribution in [0.5, 0.6) is 0 Å². The molecule has 44 heavy (non-hydrogen) atoms. The molecule has 12 nitrogen and oxygen atoms in total. The molecule has 0 spiro atoms. The lowest BCUT2D eigenvalue weighted by Crippen LogP contribution is -2.56. The first kappa shape index (κ1) is 35.2. The number of hydrogen-bond donors (Lipinski definition) is 5. The molecule has 5 N–H and O–H groups in total. The molecule has 244 valence electrons. The molecule has 3 heterocycles. The summed E-state index contributed by atoms with van der Waals surface area (Å²) in [5.74, 6) is -1.43. The van der Waals surface area contributed by atoms with Crippen LogP contribution in [0.3, 0.4) is 0 Å². The van der Waals surface area contributed by atoms with Crippen LogP contribution in [0, 0.1) is 0 Å². The van der Waals surface area contributed by atoms with Crippen molar-refractivity contribution >= 4 is 31.1 Å². The number of carbonyl (C=O) groups is 4. The summed E-state index contributed by atoms with van der Waals surface area (Å²) in [7, 11) is -1.65. The van der Waals surface area contributed by atoms with E-state index in [2.05, 4.69) is 10.6 Å². The Kier molecular flexibility index (Phi) is 13.3. The SMILES string of the molecule is CC(C)(C)OC(=O)N[C@H]1CCCCCCCCCC(B(O)O)NC(=O)C2CCCN2C1=O.O=C(O)N1Cc2ccccc2C1. The zero-order valence-electron chi connectivity index (χ0n) is 26.3. The van der Waals surface area contributed by atoms with Gasteiger partial charge in [0.1, 0.15) is 17.7 Å². The quantitative estimate of drug-likeness (QED) is 0.314. The Morgan fingerprint density at radius 2 is 1.48 bits per heavy atom. The van der Waals surface area contributed by atoms with Crippen LogP contribution in [0.2, 0.25) is 0 Å². The van der Waals surface area contributed by atoms with Crippen molar-refractivity contribution < 1.29 is 39.1 Å². The van der Waals surface area contributed by atoms with E-state index in [9.17, 15) is 29.2 Å². The summed E-state index contributed by atoms with van der Waals surface area (Å²) in [6, 6.07) is 6.37. The fourth-order valence-electron chi connectivity index (χ4n) is 5.85. The van der Waals surface area contributed by atoms with Gasteiger partial charge in [0, 0.05) is 19.6 Å². The number of ether oxygens (including phenoxy) is 1. The molecule has 4 amide bonds. The van der Waals surface area contributed by atoms with E-state index in [4.69, 9.17) is 9.84 Å². The smallest absolute Gasteiger partial charge is 0.465 e. The van der Waals surface area contributed by atoms with Crippen molar-refractivity contribution in [2.24, 2.45) is 0 Å². The molecule has 1 aromatic rings. The van der Waals surface area contributed by atoms with Crippen molar-refractivity contribution in [1.29, 1.82) is 0 Å². The summed E-state index contributed by atoms with van der Waals surface area (Å²) in [4.78, 5) is 52.2. The zero-order valence-corrected chi connectivity index (χ0v) is 26.3. The van der Waals surface area contributed by atoms with E-state index in [1.807, 2.05) is 24.3 Å². The van der Waals surface area contributed by atoms with Crippen molar-refractivity contribution in [2.75, 3.05) is 6.54 Å². The van der Waals surface area contributed by atoms with Crippen LogP contribution in [-0.2, 0) is 27.4 Å². The minimum Gasteiger partial charge on any atom is -0.465 e. The highest BCUT2D eigenvalue weighted by atomic mass is 16.6. The highest BCUT2D eigenvalue weighted by Gasteiger charge is 2.39. The van der Waals surface area contributed by atoms with E-state index < -0.39 is 42.9 Å². The molecule has 4 rings (SSSR count). The van der Waals surface area contributed by atoms with Crippen LogP contribution in [0.1, 0.15) is 103 Å². The van der Waals surface area contributed by atoms with E-state index in [0.29, 0.717) is 45.3 Å². The Labute approximate surface area is 260 Å². The second-order valence-corrected chi connectivity index (χ2v) is 12.9. The number of carbonyl (C=O) groups excluding carboxylic acids is 3.